The van der Waals surface area contributed by atoms with Crippen LogP contribution in [0.5, 0.6) is 0 Å². The second-order valence-electron chi connectivity index (χ2n) is 3.62. The molecule has 1 aromatic rings. The molecule has 0 radical (unpaired) electrons. The van der Waals surface area contributed by atoms with Gasteiger partial charge in [0, 0.05) is 23.9 Å². The van der Waals surface area contributed by atoms with Gasteiger partial charge in [-0.3, -0.25) is 9.59 Å². The summed E-state index contributed by atoms with van der Waals surface area (Å²) in [4.78, 5) is 21.7. The van der Waals surface area contributed by atoms with Gasteiger partial charge >= 0.3 is 5.97 Å². The largest absolute Gasteiger partial charge is 0.481 e. The van der Waals surface area contributed by atoms with Gasteiger partial charge in [0.15, 0.2) is 0 Å². The molecule has 0 heterocycles. The van der Waals surface area contributed by atoms with Crippen molar-refractivity contribution < 1.29 is 14.7 Å². The Kier molecular flexibility index (Phi) is 5.69. The van der Waals surface area contributed by atoms with E-state index in [1.54, 1.807) is 0 Å². The molecule has 5 heteroatoms. The number of amides is 1. The molecule has 0 spiro atoms. The molecule has 0 aliphatic carbocycles. The minimum Gasteiger partial charge on any atom is -0.481 e. The van der Waals surface area contributed by atoms with Crippen molar-refractivity contribution in [3.8, 4) is 0 Å². The Morgan fingerprint density at radius 3 is 2.59 bits per heavy atom. The maximum Gasteiger partial charge on any atom is 0.303 e. The summed E-state index contributed by atoms with van der Waals surface area (Å²) in [6.45, 7) is 0.452. The zero-order valence-corrected chi connectivity index (χ0v) is 10.9. The van der Waals surface area contributed by atoms with Gasteiger partial charge in [-0.2, -0.15) is 0 Å². The summed E-state index contributed by atoms with van der Waals surface area (Å²) < 4.78 is 0.950. The third kappa shape index (κ3) is 5.49. The minimum absolute atomic E-state index is 0.0302. The Bertz CT molecular complexity index is 406. The number of benzene rings is 1. The topological polar surface area (TPSA) is 66.4 Å². The van der Waals surface area contributed by atoms with Gasteiger partial charge in [0.05, 0.1) is 0 Å². The lowest BCUT2D eigenvalue weighted by atomic mass is 10.2. The monoisotopic (exact) mass is 299 g/mol. The van der Waals surface area contributed by atoms with Crippen molar-refractivity contribution in [1.82, 2.24) is 5.32 Å². The van der Waals surface area contributed by atoms with Crippen LogP contribution >= 0.6 is 15.9 Å². The van der Waals surface area contributed by atoms with Gasteiger partial charge in [-0.1, -0.05) is 34.1 Å². The molecule has 1 aromatic carbocycles. The maximum absolute atomic E-state index is 11.4. The van der Waals surface area contributed by atoms with Crippen LogP contribution in [0.4, 0.5) is 0 Å². The minimum atomic E-state index is -0.872. The van der Waals surface area contributed by atoms with E-state index in [9.17, 15) is 9.59 Å². The molecule has 0 aliphatic rings. The molecular weight excluding hydrogens is 286 g/mol. The van der Waals surface area contributed by atoms with E-state index in [1.807, 2.05) is 24.3 Å². The van der Waals surface area contributed by atoms with Crippen molar-refractivity contribution >= 4 is 27.8 Å². The summed E-state index contributed by atoms with van der Waals surface area (Å²) in [5.41, 5.74) is 0.999. The van der Waals surface area contributed by atoms with Crippen LogP contribution in [0.25, 0.3) is 0 Å². The molecular formula is C12H14BrNO3. The van der Waals surface area contributed by atoms with Crippen LogP contribution in [0, 0.1) is 0 Å². The Balaban J connectivity index is 2.29. The van der Waals surface area contributed by atoms with Crippen LogP contribution in [0.3, 0.4) is 0 Å². The number of halogens is 1. The van der Waals surface area contributed by atoms with Crippen LogP contribution in [0.1, 0.15) is 24.8 Å². The second kappa shape index (κ2) is 7.06. The smallest absolute Gasteiger partial charge is 0.303 e. The average molecular weight is 300 g/mol. The van der Waals surface area contributed by atoms with E-state index in [1.165, 1.54) is 0 Å². The molecule has 92 valence electrons. The highest BCUT2D eigenvalue weighted by atomic mass is 79.9. The molecule has 4 nitrogen and oxygen atoms in total. The second-order valence-corrected chi connectivity index (χ2v) is 4.47. The van der Waals surface area contributed by atoms with Crippen LogP contribution < -0.4 is 5.32 Å². The summed E-state index contributed by atoms with van der Waals surface area (Å²) in [5, 5.41) is 11.2. The van der Waals surface area contributed by atoms with E-state index < -0.39 is 5.97 Å². The van der Waals surface area contributed by atoms with Crippen LogP contribution in [-0.2, 0) is 16.1 Å². The lowest BCUT2D eigenvalue weighted by Crippen LogP contribution is -2.22. The number of carbonyl (C=O) groups excluding carboxylic acids is 1. The maximum atomic E-state index is 11.4. The first kappa shape index (κ1) is 13.7. The molecule has 1 amide bonds. The Morgan fingerprint density at radius 2 is 1.94 bits per heavy atom. The normalized spacial score (nSPS) is 9.94. The van der Waals surface area contributed by atoms with Crippen LogP contribution in [-0.4, -0.2) is 17.0 Å². The average Bonchev–Trinajstić information content (AvgIpc) is 2.27. The molecule has 1 rings (SSSR count). The quantitative estimate of drug-likeness (QED) is 0.847. The predicted octanol–water partition coefficient (Wildman–Crippen LogP) is 2.32. The fraction of sp³-hybridized carbons (Fsp3) is 0.333. The summed E-state index contributed by atoms with van der Waals surface area (Å²) in [5.74, 6) is -0.995. The number of hydrogen-bond donors (Lipinski definition) is 2. The fourth-order valence-corrected chi connectivity index (χ4v) is 1.75. The number of rotatable bonds is 6. The molecule has 0 aromatic heterocycles. The first-order valence-corrected chi connectivity index (χ1v) is 6.11. The predicted molar refractivity (Wildman–Crippen MR) is 67.5 cm³/mol. The van der Waals surface area contributed by atoms with E-state index in [0.717, 1.165) is 10.0 Å². The van der Waals surface area contributed by atoms with E-state index in [2.05, 4.69) is 21.2 Å². The molecule has 17 heavy (non-hydrogen) atoms. The number of hydrogen-bond acceptors (Lipinski definition) is 2. The van der Waals surface area contributed by atoms with Crippen molar-refractivity contribution in [2.24, 2.45) is 0 Å². The summed E-state index contributed by atoms with van der Waals surface area (Å²) in [6.07, 6.45) is 0.649. The van der Waals surface area contributed by atoms with Crippen molar-refractivity contribution in [3.05, 3.63) is 34.3 Å². The SMILES string of the molecule is O=C(O)CCCC(=O)NCc1ccccc1Br. The molecule has 0 unspecified atom stereocenters. The number of carboxylic acid groups (broad SMARTS) is 1. The Labute approximate surface area is 108 Å². The first-order valence-electron chi connectivity index (χ1n) is 5.31. The third-order valence-electron chi connectivity index (χ3n) is 2.23. The Hall–Kier alpha value is -1.36. The van der Waals surface area contributed by atoms with Crippen LogP contribution in [0.2, 0.25) is 0 Å². The molecule has 0 fully saturated rings. The van der Waals surface area contributed by atoms with Gasteiger partial charge in [0.25, 0.3) is 0 Å². The van der Waals surface area contributed by atoms with Gasteiger partial charge in [-0.05, 0) is 18.1 Å². The van der Waals surface area contributed by atoms with Gasteiger partial charge < -0.3 is 10.4 Å². The van der Waals surface area contributed by atoms with Gasteiger partial charge in [0.1, 0.15) is 0 Å². The summed E-state index contributed by atoms with van der Waals surface area (Å²) >= 11 is 3.39. The van der Waals surface area contributed by atoms with E-state index in [0.29, 0.717) is 13.0 Å². The third-order valence-corrected chi connectivity index (χ3v) is 3.00. The van der Waals surface area contributed by atoms with Crippen molar-refractivity contribution in [2.45, 2.75) is 25.8 Å². The molecule has 0 bridgehead atoms. The van der Waals surface area contributed by atoms with E-state index in [4.69, 9.17) is 5.11 Å². The zero-order chi connectivity index (χ0) is 12.7. The molecule has 0 saturated heterocycles. The molecule has 0 saturated carbocycles. The number of carboxylic acids is 1. The van der Waals surface area contributed by atoms with Gasteiger partial charge in [-0.15, -0.1) is 0 Å². The summed E-state index contributed by atoms with van der Waals surface area (Å²) in [6, 6.07) is 7.63. The van der Waals surface area contributed by atoms with Gasteiger partial charge in [-0.25, -0.2) is 0 Å². The molecule has 2 N–H and O–H groups in total. The fourth-order valence-electron chi connectivity index (χ4n) is 1.32. The highest BCUT2D eigenvalue weighted by molar-refractivity contribution is 9.10. The lowest BCUT2D eigenvalue weighted by molar-refractivity contribution is -0.137. The van der Waals surface area contributed by atoms with Crippen LogP contribution in [0.15, 0.2) is 28.7 Å². The first-order chi connectivity index (χ1) is 8.09. The van der Waals surface area contributed by atoms with E-state index >= 15 is 0 Å². The highest BCUT2D eigenvalue weighted by Crippen LogP contribution is 2.15. The molecule has 0 atom stereocenters. The number of nitrogens with one attached hydrogen (secondary N) is 1. The van der Waals surface area contributed by atoms with Crippen molar-refractivity contribution in [3.63, 3.8) is 0 Å². The van der Waals surface area contributed by atoms with E-state index in [-0.39, 0.29) is 18.7 Å². The standard InChI is InChI=1S/C12H14BrNO3/c13-10-5-2-1-4-9(10)8-14-11(15)6-3-7-12(16)17/h1-2,4-5H,3,6-8H2,(H,14,15)(H,16,17). The number of aliphatic carboxylic acids is 1. The lowest BCUT2D eigenvalue weighted by Gasteiger charge is -2.06. The Morgan fingerprint density at radius 1 is 1.24 bits per heavy atom. The highest BCUT2D eigenvalue weighted by Gasteiger charge is 2.04. The zero-order valence-electron chi connectivity index (χ0n) is 9.28. The van der Waals surface area contributed by atoms with Crippen molar-refractivity contribution in [2.75, 3.05) is 0 Å². The number of carbonyl (C=O) groups is 2. The van der Waals surface area contributed by atoms with Crippen molar-refractivity contribution in [1.29, 1.82) is 0 Å². The van der Waals surface area contributed by atoms with Gasteiger partial charge in [0.2, 0.25) is 5.91 Å². The summed E-state index contributed by atoms with van der Waals surface area (Å²) in [7, 11) is 0. The molecule has 0 aliphatic heterocycles.